The third kappa shape index (κ3) is 3.48. The van der Waals surface area contributed by atoms with Crippen LogP contribution in [-0.2, 0) is 11.3 Å². The van der Waals surface area contributed by atoms with E-state index in [9.17, 15) is 9.18 Å². The third-order valence-corrected chi connectivity index (χ3v) is 3.37. The molecule has 0 bridgehead atoms. The SMILES string of the molecule is CCOC(=O)c1ccc2nc(NCc3ccc(F)cc3)[nH]c2c1. The highest BCUT2D eigenvalue weighted by molar-refractivity contribution is 5.94. The summed E-state index contributed by atoms with van der Waals surface area (Å²) in [6.07, 6.45) is 0. The van der Waals surface area contributed by atoms with Crippen LogP contribution < -0.4 is 5.32 Å². The van der Waals surface area contributed by atoms with Gasteiger partial charge in [0.1, 0.15) is 5.82 Å². The number of fused-ring (bicyclic) bond motifs is 1. The maximum Gasteiger partial charge on any atom is 0.338 e. The highest BCUT2D eigenvalue weighted by Gasteiger charge is 2.09. The van der Waals surface area contributed by atoms with Crippen LogP contribution in [0.25, 0.3) is 11.0 Å². The molecule has 1 aromatic heterocycles. The Kier molecular flexibility index (Phi) is 4.23. The Hall–Kier alpha value is -2.89. The minimum Gasteiger partial charge on any atom is -0.462 e. The lowest BCUT2D eigenvalue weighted by Crippen LogP contribution is -2.04. The first-order chi connectivity index (χ1) is 11.2. The van der Waals surface area contributed by atoms with Gasteiger partial charge in [-0.05, 0) is 42.8 Å². The van der Waals surface area contributed by atoms with Gasteiger partial charge in [0, 0.05) is 6.54 Å². The average molecular weight is 313 g/mol. The maximum absolute atomic E-state index is 12.9. The van der Waals surface area contributed by atoms with Crippen LogP contribution in [0, 0.1) is 5.82 Å². The Labute approximate surface area is 132 Å². The molecule has 118 valence electrons. The van der Waals surface area contributed by atoms with Crippen molar-refractivity contribution < 1.29 is 13.9 Å². The van der Waals surface area contributed by atoms with Gasteiger partial charge in [0.2, 0.25) is 5.95 Å². The normalized spacial score (nSPS) is 10.7. The number of rotatable bonds is 5. The molecule has 6 heteroatoms. The molecule has 0 saturated carbocycles. The zero-order chi connectivity index (χ0) is 16.2. The van der Waals surface area contributed by atoms with Crippen molar-refractivity contribution in [3.63, 3.8) is 0 Å². The fourth-order valence-corrected chi connectivity index (χ4v) is 2.22. The van der Waals surface area contributed by atoms with Crippen molar-refractivity contribution >= 4 is 23.0 Å². The summed E-state index contributed by atoms with van der Waals surface area (Å²) in [4.78, 5) is 19.2. The van der Waals surface area contributed by atoms with Gasteiger partial charge in [-0.15, -0.1) is 0 Å². The van der Waals surface area contributed by atoms with E-state index in [1.54, 1.807) is 37.3 Å². The fourth-order valence-electron chi connectivity index (χ4n) is 2.22. The molecule has 23 heavy (non-hydrogen) atoms. The standard InChI is InChI=1S/C17H16FN3O2/c1-2-23-16(22)12-5-8-14-15(9-12)21-17(20-14)19-10-11-3-6-13(18)7-4-11/h3-9H,2,10H2,1H3,(H2,19,20,21). The molecule has 2 N–H and O–H groups in total. The van der Waals surface area contributed by atoms with Crippen LogP contribution in [0.15, 0.2) is 42.5 Å². The molecule has 3 aromatic rings. The van der Waals surface area contributed by atoms with Gasteiger partial charge in [0.15, 0.2) is 0 Å². The van der Waals surface area contributed by atoms with Gasteiger partial charge in [-0.1, -0.05) is 12.1 Å². The van der Waals surface area contributed by atoms with Crippen LogP contribution in [0.1, 0.15) is 22.8 Å². The number of nitrogens with one attached hydrogen (secondary N) is 2. The van der Waals surface area contributed by atoms with Crippen LogP contribution in [-0.4, -0.2) is 22.5 Å². The number of carbonyl (C=O) groups is 1. The van der Waals surface area contributed by atoms with Crippen LogP contribution in [0.3, 0.4) is 0 Å². The van der Waals surface area contributed by atoms with E-state index in [1.807, 2.05) is 0 Å². The van der Waals surface area contributed by atoms with Gasteiger partial charge in [0.25, 0.3) is 0 Å². The molecular weight excluding hydrogens is 297 g/mol. The third-order valence-electron chi connectivity index (χ3n) is 3.37. The van der Waals surface area contributed by atoms with Crippen molar-refractivity contribution in [2.45, 2.75) is 13.5 Å². The lowest BCUT2D eigenvalue weighted by atomic mass is 10.2. The van der Waals surface area contributed by atoms with Gasteiger partial charge in [0.05, 0.1) is 23.2 Å². The molecular formula is C17H16FN3O2. The number of aromatic amines is 1. The lowest BCUT2D eigenvalue weighted by molar-refractivity contribution is 0.0526. The second-order valence-corrected chi connectivity index (χ2v) is 5.02. The zero-order valence-corrected chi connectivity index (χ0v) is 12.6. The highest BCUT2D eigenvalue weighted by Crippen LogP contribution is 2.17. The van der Waals surface area contributed by atoms with E-state index in [0.717, 1.165) is 16.6 Å². The number of benzene rings is 2. The summed E-state index contributed by atoms with van der Waals surface area (Å²) in [5.74, 6) is -0.0286. The fraction of sp³-hybridized carbons (Fsp3) is 0.176. The molecule has 0 saturated heterocycles. The van der Waals surface area contributed by atoms with E-state index >= 15 is 0 Å². The summed E-state index contributed by atoms with van der Waals surface area (Å²) in [6, 6.07) is 11.4. The van der Waals surface area contributed by atoms with E-state index in [1.165, 1.54) is 12.1 Å². The number of hydrogen-bond acceptors (Lipinski definition) is 4. The second kappa shape index (κ2) is 6.48. The number of hydrogen-bond donors (Lipinski definition) is 2. The Morgan fingerprint density at radius 2 is 2.04 bits per heavy atom. The van der Waals surface area contributed by atoms with Crippen LogP contribution in [0.2, 0.25) is 0 Å². The summed E-state index contributed by atoms with van der Waals surface area (Å²) in [7, 11) is 0. The van der Waals surface area contributed by atoms with Crippen LogP contribution in [0.5, 0.6) is 0 Å². The van der Waals surface area contributed by atoms with Gasteiger partial charge in [-0.2, -0.15) is 0 Å². The molecule has 0 radical (unpaired) electrons. The second-order valence-electron chi connectivity index (χ2n) is 5.02. The first-order valence-electron chi connectivity index (χ1n) is 7.31. The molecule has 1 heterocycles. The predicted octanol–water partition coefficient (Wildman–Crippen LogP) is 3.49. The maximum atomic E-state index is 12.9. The molecule has 0 aliphatic heterocycles. The zero-order valence-electron chi connectivity index (χ0n) is 12.6. The summed E-state index contributed by atoms with van der Waals surface area (Å²) in [5.41, 5.74) is 2.92. The monoisotopic (exact) mass is 313 g/mol. The summed E-state index contributed by atoms with van der Waals surface area (Å²) in [6.45, 7) is 2.62. The van der Waals surface area contributed by atoms with Crippen LogP contribution in [0.4, 0.5) is 10.3 Å². The van der Waals surface area contributed by atoms with E-state index in [4.69, 9.17) is 4.74 Å². The summed E-state index contributed by atoms with van der Waals surface area (Å²) in [5, 5.41) is 3.14. The number of halogens is 1. The molecule has 0 unspecified atom stereocenters. The van der Waals surface area contributed by atoms with E-state index in [-0.39, 0.29) is 11.8 Å². The number of aromatic nitrogens is 2. The summed E-state index contributed by atoms with van der Waals surface area (Å²) < 4.78 is 17.8. The molecule has 0 atom stereocenters. The van der Waals surface area contributed by atoms with Gasteiger partial charge < -0.3 is 15.0 Å². The first-order valence-corrected chi connectivity index (χ1v) is 7.31. The first kappa shape index (κ1) is 15.0. The molecule has 0 spiro atoms. The van der Waals surface area contributed by atoms with Gasteiger partial charge >= 0.3 is 5.97 Å². The molecule has 0 aliphatic carbocycles. The van der Waals surface area contributed by atoms with Crippen molar-refractivity contribution in [1.82, 2.24) is 9.97 Å². The molecule has 0 aliphatic rings. The Balaban J connectivity index is 1.74. The smallest absolute Gasteiger partial charge is 0.338 e. The largest absolute Gasteiger partial charge is 0.462 e. The molecule has 0 amide bonds. The molecule has 5 nitrogen and oxygen atoms in total. The Morgan fingerprint density at radius 3 is 2.78 bits per heavy atom. The number of carbonyl (C=O) groups excluding carboxylic acids is 1. The van der Waals surface area contributed by atoms with Crippen molar-refractivity contribution in [2.24, 2.45) is 0 Å². The number of anilines is 1. The topological polar surface area (TPSA) is 67.0 Å². The van der Waals surface area contributed by atoms with Crippen LogP contribution >= 0.6 is 0 Å². The molecule has 2 aromatic carbocycles. The van der Waals surface area contributed by atoms with Gasteiger partial charge in [-0.25, -0.2) is 14.2 Å². The quantitative estimate of drug-likeness (QED) is 0.708. The van der Waals surface area contributed by atoms with Crippen molar-refractivity contribution in [1.29, 1.82) is 0 Å². The van der Waals surface area contributed by atoms with Crippen molar-refractivity contribution in [3.8, 4) is 0 Å². The Bertz CT molecular complexity index is 827. The number of imidazole rings is 1. The molecule has 3 rings (SSSR count). The van der Waals surface area contributed by atoms with Crippen molar-refractivity contribution in [2.75, 3.05) is 11.9 Å². The van der Waals surface area contributed by atoms with Crippen molar-refractivity contribution in [3.05, 3.63) is 59.4 Å². The number of ether oxygens (including phenoxy) is 1. The Morgan fingerprint density at radius 1 is 1.26 bits per heavy atom. The molecule has 0 fully saturated rings. The van der Waals surface area contributed by atoms with Gasteiger partial charge in [-0.3, -0.25) is 0 Å². The minimum atomic E-state index is -0.357. The summed E-state index contributed by atoms with van der Waals surface area (Å²) >= 11 is 0. The number of nitrogens with zero attached hydrogens (tertiary/aromatic N) is 1. The minimum absolute atomic E-state index is 0.260. The highest BCUT2D eigenvalue weighted by atomic mass is 19.1. The number of esters is 1. The van der Waals surface area contributed by atoms with E-state index < -0.39 is 0 Å². The predicted molar refractivity (Wildman–Crippen MR) is 85.8 cm³/mol. The number of H-pyrrole nitrogens is 1. The van der Waals surface area contributed by atoms with E-state index in [2.05, 4.69) is 15.3 Å². The lowest BCUT2D eigenvalue weighted by Gasteiger charge is -2.02. The average Bonchev–Trinajstić information content (AvgIpc) is 2.96. The van der Waals surface area contributed by atoms with E-state index in [0.29, 0.717) is 24.7 Å².